The number of hydrogen-bond acceptors (Lipinski definition) is 1. The molecule has 0 N–H and O–H groups in total. The lowest BCUT2D eigenvalue weighted by atomic mass is 9.65. The Balaban J connectivity index is 1.11. The molecule has 0 saturated heterocycles. The normalized spacial score (nSPS) is 18.6. The standard InChI is InChI=1S/C61H51N/c1-59(2)53-25-15-13-23-49(53)51-34-32-45(39-57(51)59)62(46-33-35-52-50-24-14-16-26-54(50)60(3,4)58(52)40-46)47-36-37-61(5,55-27-17-12-22-48(55)43-20-10-7-11-21-43)56(38-47)44-30-28-42(29-31-44)41-18-8-6-9-19-41/h6-40,56H,1-5H3. The molecule has 3 aliphatic carbocycles. The number of fused-ring (bicyclic) bond motifs is 6. The van der Waals surface area contributed by atoms with Crippen molar-refractivity contribution in [2.75, 3.05) is 4.90 Å². The van der Waals surface area contributed by atoms with Gasteiger partial charge in [0.25, 0.3) is 0 Å². The Kier molecular flexibility index (Phi) is 8.78. The molecule has 0 aromatic heterocycles. The van der Waals surface area contributed by atoms with Crippen molar-refractivity contribution in [1.82, 2.24) is 0 Å². The van der Waals surface area contributed by atoms with E-state index in [9.17, 15) is 0 Å². The molecule has 8 aromatic carbocycles. The molecule has 1 heteroatoms. The van der Waals surface area contributed by atoms with Gasteiger partial charge in [-0.05, 0) is 108 Å². The molecule has 0 spiro atoms. The Bertz CT molecular complexity index is 2970. The molecule has 0 amide bonds. The largest absolute Gasteiger partial charge is 0.311 e. The lowest BCUT2D eigenvalue weighted by molar-refractivity contribution is 0.522. The summed E-state index contributed by atoms with van der Waals surface area (Å²) in [4.78, 5) is 2.53. The van der Waals surface area contributed by atoms with Crippen molar-refractivity contribution in [3.05, 3.63) is 251 Å². The third-order valence-electron chi connectivity index (χ3n) is 14.5. The molecule has 0 heterocycles. The fraction of sp³-hybridized carbons (Fsp3) is 0.148. The quantitative estimate of drug-likeness (QED) is 0.155. The van der Waals surface area contributed by atoms with Crippen LogP contribution in [0.3, 0.4) is 0 Å². The lowest BCUT2D eigenvalue weighted by Crippen LogP contribution is -2.32. The maximum Gasteiger partial charge on any atom is 0.0464 e. The van der Waals surface area contributed by atoms with Gasteiger partial charge in [0.05, 0.1) is 0 Å². The highest BCUT2D eigenvalue weighted by Crippen LogP contribution is 2.54. The highest BCUT2D eigenvalue weighted by Gasteiger charge is 2.41. The van der Waals surface area contributed by atoms with E-state index in [0.717, 1.165) is 0 Å². The van der Waals surface area contributed by atoms with Crippen molar-refractivity contribution < 1.29 is 0 Å². The van der Waals surface area contributed by atoms with Gasteiger partial charge in [-0.25, -0.2) is 0 Å². The summed E-state index contributed by atoms with van der Waals surface area (Å²) in [6, 6.07) is 72.2. The molecular weight excluding hydrogens is 747 g/mol. The van der Waals surface area contributed by atoms with Crippen LogP contribution in [-0.4, -0.2) is 0 Å². The summed E-state index contributed by atoms with van der Waals surface area (Å²) < 4.78 is 0. The first kappa shape index (κ1) is 38.0. The average molecular weight is 798 g/mol. The van der Waals surface area contributed by atoms with Crippen molar-refractivity contribution in [3.8, 4) is 44.5 Å². The monoisotopic (exact) mass is 797 g/mol. The molecule has 11 rings (SSSR count). The zero-order valence-corrected chi connectivity index (χ0v) is 36.2. The topological polar surface area (TPSA) is 3.24 Å². The molecule has 8 aromatic rings. The van der Waals surface area contributed by atoms with Gasteiger partial charge in [0, 0.05) is 39.2 Å². The van der Waals surface area contributed by atoms with E-state index < -0.39 is 0 Å². The number of rotatable bonds is 7. The van der Waals surface area contributed by atoms with E-state index >= 15 is 0 Å². The summed E-state index contributed by atoms with van der Waals surface area (Å²) in [6.45, 7) is 12.0. The summed E-state index contributed by atoms with van der Waals surface area (Å²) in [6.07, 6.45) is 7.45. The van der Waals surface area contributed by atoms with E-state index in [1.54, 1.807) is 0 Å². The van der Waals surface area contributed by atoms with E-state index in [2.05, 4.69) is 252 Å². The van der Waals surface area contributed by atoms with Gasteiger partial charge in [0.15, 0.2) is 0 Å². The van der Waals surface area contributed by atoms with Gasteiger partial charge in [-0.1, -0.05) is 217 Å². The van der Waals surface area contributed by atoms with Crippen LogP contribution in [-0.2, 0) is 16.2 Å². The molecule has 1 nitrogen and oxygen atoms in total. The first-order valence-electron chi connectivity index (χ1n) is 22.1. The summed E-state index contributed by atoms with van der Waals surface area (Å²) in [5, 5.41) is 0. The van der Waals surface area contributed by atoms with Gasteiger partial charge in [0.2, 0.25) is 0 Å². The highest BCUT2D eigenvalue weighted by molar-refractivity contribution is 5.87. The molecular formula is C61H51N. The van der Waals surface area contributed by atoms with Crippen LogP contribution >= 0.6 is 0 Å². The van der Waals surface area contributed by atoms with Crippen LogP contribution in [0, 0.1) is 0 Å². The molecule has 0 fully saturated rings. The molecule has 2 atom stereocenters. The van der Waals surface area contributed by atoms with E-state index in [1.807, 2.05) is 0 Å². The Morgan fingerprint density at radius 1 is 0.371 bits per heavy atom. The molecule has 2 unspecified atom stereocenters. The third kappa shape index (κ3) is 5.90. The Hall–Kier alpha value is -6.96. The lowest BCUT2D eigenvalue weighted by Gasteiger charge is -2.41. The van der Waals surface area contributed by atoms with Crippen molar-refractivity contribution >= 4 is 11.4 Å². The average Bonchev–Trinajstić information content (AvgIpc) is 3.69. The van der Waals surface area contributed by atoms with Gasteiger partial charge in [-0.2, -0.15) is 0 Å². The van der Waals surface area contributed by atoms with Crippen molar-refractivity contribution in [1.29, 1.82) is 0 Å². The summed E-state index contributed by atoms with van der Waals surface area (Å²) >= 11 is 0. The Morgan fingerprint density at radius 3 is 1.35 bits per heavy atom. The SMILES string of the molecule is CC1(C)c2ccccc2-c2ccc(N(C3=CC(c4ccc(-c5ccccc5)cc4)C(C)(c4ccccc4-c4ccccc4)C=C3)c3ccc4c(c3)C(C)(C)c3ccccc3-4)cc21. The predicted molar refractivity (Wildman–Crippen MR) is 261 cm³/mol. The van der Waals surface area contributed by atoms with Crippen LogP contribution < -0.4 is 4.90 Å². The van der Waals surface area contributed by atoms with Gasteiger partial charge in [-0.3, -0.25) is 0 Å². The minimum atomic E-state index is -0.362. The summed E-state index contributed by atoms with van der Waals surface area (Å²) in [5.41, 5.74) is 21.3. The number of hydrogen-bond donors (Lipinski definition) is 0. The summed E-state index contributed by atoms with van der Waals surface area (Å²) in [5.74, 6) is 0.0185. The van der Waals surface area contributed by atoms with Crippen LogP contribution in [0.5, 0.6) is 0 Å². The molecule has 3 aliphatic rings. The molecule has 0 radical (unpaired) electrons. The van der Waals surface area contributed by atoms with Gasteiger partial charge < -0.3 is 4.90 Å². The number of allylic oxidation sites excluding steroid dienone is 3. The van der Waals surface area contributed by atoms with Crippen molar-refractivity contribution in [3.63, 3.8) is 0 Å². The van der Waals surface area contributed by atoms with Crippen molar-refractivity contribution in [2.45, 2.75) is 56.8 Å². The maximum atomic E-state index is 2.56. The van der Waals surface area contributed by atoms with Crippen LogP contribution in [0.1, 0.15) is 73.9 Å². The first-order chi connectivity index (χ1) is 30.1. The van der Waals surface area contributed by atoms with Crippen LogP contribution in [0.4, 0.5) is 11.4 Å². The zero-order chi connectivity index (χ0) is 42.2. The molecule has 300 valence electrons. The fourth-order valence-corrected chi connectivity index (χ4v) is 11.1. The zero-order valence-electron chi connectivity index (χ0n) is 36.2. The molecule has 0 bridgehead atoms. The molecule has 62 heavy (non-hydrogen) atoms. The second-order valence-corrected chi connectivity index (χ2v) is 18.7. The fourth-order valence-electron chi connectivity index (χ4n) is 11.1. The summed E-state index contributed by atoms with van der Waals surface area (Å²) in [7, 11) is 0. The minimum Gasteiger partial charge on any atom is -0.311 e. The van der Waals surface area contributed by atoms with E-state index in [4.69, 9.17) is 0 Å². The first-order valence-corrected chi connectivity index (χ1v) is 22.1. The van der Waals surface area contributed by atoms with E-state index in [1.165, 1.54) is 95.0 Å². The van der Waals surface area contributed by atoms with Crippen LogP contribution in [0.2, 0.25) is 0 Å². The number of anilines is 2. The van der Waals surface area contributed by atoms with Crippen LogP contribution in [0.25, 0.3) is 44.5 Å². The second kappa shape index (κ2) is 14.3. The number of nitrogens with zero attached hydrogens (tertiary/aromatic N) is 1. The second-order valence-electron chi connectivity index (χ2n) is 18.7. The van der Waals surface area contributed by atoms with Gasteiger partial charge >= 0.3 is 0 Å². The smallest absolute Gasteiger partial charge is 0.0464 e. The van der Waals surface area contributed by atoms with Crippen LogP contribution in [0.15, 0.2) is 218 Å². The van der Waals surface area contributed by atoms with E-state index in [-0.39, 0.29) is 22.2 Å². The van der Waals surface area contributed by atoms with Gasteiger partial charge in [0.1, 0.15) is 0 Å². The minimum absolute atomic E-state index is 0.0185. The Labute approximate surface area is 367 Å². The Morgan fingerprint density at radius 2 is 0.806 bits per heavy atom. The highest BCUT2D eigenvalue weighted by atomic mass is 15.1. The molecule has 0 aliphatic heterocycles. The maximum absolute atomic E-state index is 2.56. The predicted octanol–water partition coefficient (Wildman–Crippen LogP) is 16.0. The van der Waals surface area contributed by atoms with Gasteiger partial charge in [-0.15, -0.1) is 0 Å². The van der Waals surface area contributed by atoms with Crippen molar-refractivity contribution in [2.24, 2.45) is 0 Å². The van der Waals surface area contributed by atoms with E-state index in [0.29, 0.717) is 0 Å². The molecule has 0 saturated carbocycles. The third-order valence-corrected chi connectivity index (χ3v) is 14.5. The number of benzene rings is 8.